The normalized spacial score (nSPS) is 13.0. The first kappa shape index (κ1) is 25.9. The Balaban J connectivity index is 2.11. The molecule has 34 heavy (non-hydrogen) atoms. The Bertz CT molecular complexity index is 1200. The van der Waals surface area contributed by atoms with Gasteiger partial charge >= 0.3 is 5.97 Å². The van der Waals surface area contributed by atoms with Gasteiger partial charge in [0.25, 0.3) is 0 Å². The lowest BCUT2D eigenvalue weighted by atomic mass is 10.0. The first-order chi connectivity index (χ1) is 16.0. The number of aryl methyl sites for hydroxylation is 1. The molecule has 3 rings (SSSR count). The van der Waals surface area contributed by atoms with Crippen LogP contribution in [0.5, 0.6) is 0 Å². The van der Waals surface area contributed by atoms with Crippen molar-refractivity contribution in [2.75, 3.05) is 0 Å². The number of hydrogen-bond acceptors (Lipinski definition) is 4. The van der Waals surface area contributed by atoms with Crippen LogP contribution in [0.4, 0.5) is 0 Å². The van der Waals surface area contributed by atoms with Crippen molar-refractivity contribution < 1.29 is 17.9 Å². The third-order valence-electron chi connectivity index (χ3n) is 5.18. The van der Waals surface area contributed by atoms with Crippen LogP contribution in [0.2, 0.25) is 5.02 Å². The van der Waals surface area contributed by atoms with Crippen molar-refractivity contribution in [3.8, 4) is 0 Å². The number of hydrogen-bond donors (Lipinski definition) is 0. The molecule has 7 heteroatoms. The Morgan fingerprint density at radius 1 is 0.912 bits per heavy atom. The van der Waals surface area contributed by atoms with Gasteiger partial charge in [0.2, 0.25) is 10.0 Å². The number of carbonyl (C=O) groups is 1. The van der Waals surface area contributed by atoms with Gasteiger partial charge in [0.05, 0.1) is 4.90 Å². The summed E-state index contributed by atoms with van der Waals surface area (Å²) < 4.78 is 34.7. The molecule has 0 spiro atoms. The zero-order valence-electron chi connectivity index (χ0n) is 19.9. The van der Waals surface area contributed by atoms with E-state index in [1.807, 2.05) is 37.3 Å². The predicted molar refractivity (Wildman–Crippen MR) is 135 cm³/mol. The number of rotatable bonds is 8. The summed E-state index contributed by atoms with van der Waals surface area (Å²) in [5.74, 6) is -0.596. The van der Waals surface area contributed by atoms with E-state index in [0.717, 1.165) is 11.1 Å². The zero-order valence-corrected chi connectivity index (χ0v) is 21.4. The Morgan fingerprint density at radius 3 is 2.06 bits per heavy atom. The highest BCUT2D eigenvalue weighted by Gasteiger charge is 2.38. The Kier molecular flexibility index (Phi) is 8.18. The first-order valence-electron chi connectivity index (χ1n) is 11.1. The van der Waals surface area contributed by atoms with Crippen LogP contribution in [-0.2, 0) is 32.5 Å². The second-order valence-electron chi connectivity index (χ2n) is 9.23. The summed E-state index contributed by atoms with van der Waals surface area (Å²) >= 11 is 6.04. The molecule has 0 bridgehead atoms. The van der Waals surface area contributed by atoms with Crippen molar-refractivity contribution in [1.82, 2.24) is 4.31 Å². The molecule has 0 aliphatic heterocycles. The molecule has 5 nitrogen and oxygen atoms in total. The predicted octanol–water partition coefficient (Wildman–Crippen LogP) is 5.79. The van der Waals surface area contributed by atoms with Gasteiger partial charge in [-0.05, 0) is 69.5 Å². The highest BCUT2D eigenvalue weighted by molar-refractivity contribution is 7.89. The number of benzene rings is 3. The first-order valence-corrected chi connectivity index (χ1v) is 12.9. The van der Waals surface area contributed by atoms with Crippen LogP contribution >= 0.6 is 11.6 Å². The van der Waals surface area contributed by atoms with E-state index in [0.29, 0.717) is 10.6 Å². The van der Waals surface area contributed by atoms with E-state index in [1.165, 1.54) is 4.31 Å². The fraction of sp³-hybridized carbons (Fsp3) is 0.296. The van der Waals surface area contributed by atoms with Crippen LogP contribution in [0.15, 0.2) is 83.8 Å². The van der Waals surface area contributed by atoms with E-state index in [-0.39, 0.29) is 17.9 Å². The third-order valence-corrected chi connectivity index (χ3v) is 7.30. The van der Waals surface area contributed by atoms with E-state index >= 15 is 0 Å². The Labute approximate surface area is 207 Å². The average molecular weight is 500 g/mol. The maximum absolute atomic E-state index is 13.9. The number of ether oxygens (including phenoxy) is 1. The summed E-state index contributed by atoms with van der Waals surface area (Å²) in [6, 6.07) is 21.8. The lowest BCUT2D eigenvalue weighted by Gasteiger charge is -2.32. The van der Waals surface area contributed by atoms with Crippen molar-refractivity contribution in [3.05, 3.63) is 101 Å². The second kappa shape index (κ2) is 10.7. The molecule has 1 atom stereocenters. The smallest absolute Gasteiger partial charge is 0.325 e. The standard InChI is InChI=1S/C27H30ClNO4S/c1-20-10-16-24(17-11-20)34(31,32)29(19-22-12-14-23(28)15-13-22)25(26(30)33-27(2,3)4)18-21-8-6-5-7-9-21/h5-17,25H,18-19H2,1-4H3/t25-/m0/s1. The van der Waals surface area contributed by atoms with Crippen LogP contribution in [0.3, 0.4) is 0 Å². The average Bonchev–Trinajstić information content (AvgIpc) is 2.77. The maximum Gasteiger partial charge on any atom is 0.325 e. The fourth-order valence-electron chi connectivity index (χ4n) is 3.49. The van der Waals surface area contributed by atoms with Crippen LogP contribution in [0, 0.1) is 6.92 Å². The van der Waals surface area contributed by atoms with Crippen LogP contribution in [-0.4, -0.2) is 30.3 Å². The lowest BCUT2D eigenvalue weighted by Crippen LogP contribution is -2.48. The van der Waals surface area contributed by atoms with Gasteiger partial charge in [-0.15, -0.1) is 0 Å². The molecule has 0 unspecified atom stereocenters. The van der Waals surface area contributed by atoms with E-state index in [1.54, 1.807) is 69.3 Å². The molecule has 180 valence electrons. The van der Waals surface area contributed by atoms with Gasteiger partial charge in [0, 0.05) is 11.6 Å². The summed E-state index contributed by atoms with van der Waals surface area (Å²) in [4.78, 5) is 13.6. The molecule has 0 aliphatic carbocycles. The monoisotopic (exact) mass is 499 g/mol. The quantitative estimate of drug-likeness (QED) is 0.368. The maximum atomic E-state index is 13.9. The van der Waals surface area contributed by atoms with Gasteiger partial charge in [0.15, 0.2) is 0 Å². The molecule has 3 aromatic carbocycles. The van der Waals surface area contributed by atoms with Crippen molar-refractivity contribution >= 4 is 27.6 Å². The van der Waals surface area contributed by atoms with Gasteiger partial charge < -0.3 is 4.74 Å². The fourth-order valence-corrected chi connectivity index (χ4v) is 5.18. The minimum absolute atomic E-state index is 0.00980. The zero-order chi connectivity index (χ0) is 24.9. The topological polar surface area (TPSA) is 63.7 Å². The molecule has 0 saturated heterocycles. The number of nitrogens with zero attached hydrogens (tertiary/aromatic N) is 1. The van der Waals surface area contributed by atoms with Crippen LogP contribution in [0.25, 0.3) is 0 Å². The summed E-state index contributed by atoms with van der Waals surface area (Å²) in [6.45, 7) is 7.18. The molecule has 0 radical (unpaired) electrons. The number of halogens is 1. The summed E-state index contributed by atoms with van der Waals surface area (Å²) in [7, 11) is -4.05. The van der Waals surface area contributed by atoms with Gasteiger partial charge in [-0.25, -0.2) is 8.42 Å². The number of sulfonamides is 1. The van der Waals surface area contributed by atoms with E-state index < -0.39 is 27.6 Å². The van der Waals surface area contributed by atoms with Crippen molar-refractivity contribution in [2.24, 2.45) is 0 Å². The largest absolute Gasteiger partial charge is 0.459 e. The molecule has 0 amide bonds. The van der Waals surface area contributed by atoms with Gasteiger partial charge in [-0.1, -0.05) is 71.8 Å². The number of carbonyl (C=O) groups excluding carboxylic acids is 1. The minimum atomic E-state index is -4.05. The van der Waals surface area contributed by atoms with Gasteiger partial charge in [-0.3, -0.25) is 4.79 Å². The lowest BCUT2D eigenvalue weighted by molar-refractivity contribution is -0.159. The van der Waals surface area contributed by atoms with Crippen molar-refractivity contribution in [2.45, 2.75) is 57.2 Å². The summed E-state index contributed by atoms with van der Waals surface area (Å²) in [5.41, 5.74) is 1.71. The number of esters is 1. The molecular formula is C27H30ClNO4S. The van der Waals surface area contributed by atoms with Crippen molar-refractivity contribution in [3.63, 3.8) is 0 Å². The molecule has 3 aromatic rings. The highest BCUT2D eigenvalue weighted by atomic mass is 35.5. The van der Waals surface area contributed by atoms with E-state index in [9.17, 15) is 13.2 Å². The second-order valence-corrected chi connectivity index (χ2v) is 11.6. The minimum Gasteiger partial charge on any atom is -0.459 e. The molecule has 0 aliphatic rings. The van der Waals surface area contributed by atoms with Gasteiger partial charge in [-0.2, -0.15) is 4.31 Å². The summed E-state index contributed by atoms with van der Waals surface area (Å²) in [5, 5.41) is 0.546. The van der Waals surface area contributed by atoms with E-state index in [4.69, 9.17) is 16.3 Å². The molecule has 0 N–H and O–H groups in total. The molecular weight excluding hydrogens is 470 g/mol. The van der Waals surface area contributed by atoms with Gasteiger partial charge in [0.1, 0.15) is 11.6 Å². The SMILES string of the molecule is Cc1ccc(S(=O)(=O)N(Cc2ccc(Cl)cc2)[C@@H](Cc2ccccc2)C(=O)OC(C)(C)C)cc1. The third kappa shape index (κ3) is 6.92. The van der Waals surface area contributed by atoms with Crippen LogP contribution < -0.4 is 0 Å². The highest BCUT2D eigenvalue weighted by Crippen LogP contribution is 2.26. The summed E-state index contributed by atoms with van der Waals surface area (Å²) in [6.07, 6.45) is 0.175. The Hall–Kier alpha value is -2.67. The van der Waals surface area contributed by atoms with Crippen molar-refractivity contribution in [1.29, 1.82) is 0 Å². The molecule has 0 heterocycles. The molecule has 0 fully saturated rings. The Morgan fingerprint density at radius 2 is 1.50 bits per heavy atom. The molecule has 0 saturated carbocycles. The molecule has 0 aromatic heterocycles. The van der Waals surface area contributed by atoms with E-state index in [2.05, 4.69) is 0 Å². The van der Waals surface area contributed by atoms with Crippen LogP contribution in [0.1, 0.15) is 37.5 Å².